The third-order valence-corrected chi connectivity index (χ3v) is 1.04. The highest BCUT2D eigenvalue weighted by molar-refractivity contribution is 5.21. The summed E-state index contributed by atoms with van der Waals surface area (Å²) in [5.41, 5.74) is 0. The average molecular weight is 152 g/mol. The minimum absolute atomic E-state index is 0.563. The van der Waals surface area contributed by atoms with Crippen LogP contribution in [0.1, 0.15) is 0 Å². The summed E-state index contributed by atoms with van der Waals surface area (Å²) in [6.45, 7) is 0. The Labute approximate surface area is 64.2 Å². The van der Waals surface area contributed by atoms with Gasteiger partial charge in [-0.1, -0.05) is 18.2 Å². The lowest BCUT2D eigenvalue weighted by Crippen LogP contribution is -1.85. The summed E-state index contributed by atoms with van der Waals surface area (Å²) in [5, 5.41) is 16.6. The van der Waals surface area contributed by atoms with Crippen LogP contribution in [-0.2, 0) is 0 Å². The van der Waals surface area contributed by atoms with Crippen molar-refractivity contribution in [3.63, 3.8) is 0 Å². The zero-order valence-corrected chi connectivity index (χ0v) is 5.77. The van der Waals surface area contributed by atoms with Gasteiger partial charge in [0.05, 0.1) is 0 Å². The maximum Gasteiger partial charge on any atom is 0.311 e. The van der Waals surface area contributed by atoms with Gasteiger partial charge in [-0.25, -0.2) is 0 Å². The van der Waals surface area contributed by atoms with E-state index >= 15 is 0 Å². The van der Waals surface area contributed by atoms with Crippen LogP contribution >= 0.6 is 0 Å². The van der Waals surface area contributed by atoms with E-state index in [9.17, 15) is 0 Å². The summed E-state index contributed by atoms with van der Waals surface area (Å²) in [6, 6.07) is 8.84. The van der Waals surface area contributed by atoms with Crippen molar-refractivity contribution in [1.29, 1.82) is 0 Å². The van der Waals surface area contributed by atoms with Gasteiger partial charge < -0.3 is 14.9 Å². The lowest BCUT2D eigenvalue weighted by molar-refractivity contribution is 0.175. The minimum atomic E-state index is -0.839. The highest BCUT2D eigenvalue weighted by Crippen LogP contribution is 2.08. The molecular weight excluding hydrogens is 144 g/mol. The van der Waals surface area contributed by atoms with E-state index in [1.54, 1.807) is 24.3 Å². The molecule has 0 bridgehead atoms. The molecule has 0 saturated heterocycles. The highest BCUT2D eigenvalue weighted by Gasteiger charge is 1.88. The summed E-state index contributed by atoms with van der Waals surface area (Å²) in [4.78, 5) is 0. The quantitative estimate of drug-likeness (QED) is 0.637. The molecule has 0 aromatic heterocycles. The summed E-state index contributed by atoms with van der Waals surface area (Å²) < 4.78 is 4.81. The monoisotopic (exact) mass is 152 g/mol. The Kier molecular flexibility index (Phi) is 2.38. The number of ether oxygens (including phenoxy) is 1. The topological polar surface area (TPSA) is 49.7 Å². The minimum Gasteiger partial charge on any atom is -0.479 e. The summed E-state index contributed by atoms with van der Waals surface area (Å²) in [7, 11) is 0. The molecule has 0 fully saturated rings. The number of aliphatic hydroxyl groups is 2. The van der Waals surface area contributed by atoms with Crippen LogP contribution in [0.3, 0.4) is 0 Å². The second-order valence-corrected chi connectivity index (χ2v) is 1.91. The van der Waals surface area contributed by atoms with Gasteiger partial charge in [0.15, 0.2) is 6.26 Å². The summed E-state index contributed by atoms with van der Waals surface area (Å²) >= 11 is 0. The van der Waals surface area contributed by atoms with E-state index in [2.05, 4.69) is 0 Å². The molecule has 0 aliphatic heterocycles. The molecule has 0 atom stereocenters. The SMILES string of the molecule is OC(O)=COc1ccccc1. The predicted molar refractivity (Wildman–Crippen MR) is 40.4 cm³/mol. The van der Waals surface area contributed by atoms with Gasteiger partial charge in [0.1, 0.15) is 5.75 Å². The molecular formula is C8H8O3. The number of benzene rings is 1. The molecule has 3 heteroatoms. The molecule has 3 nitrogen and oxygen atoms in total. The first kappa shape index (κ1) is 7.47. The fourth-order valence-corrected chi connectivity index (χ4v) is 0.620. The van der Waals surface area contributed by atoms with Gasteiger partial charge in [0, 0.05) is 0 Å². The second kappa shape index (κ2) is 3.51. The largest absolute Gasteiger partial charge is 0.479 e. The number of para-hydroxylation sites is 1. The lowest BCUT2D eigenvalue weighted by atomic mass is 10.3. The molecule has 0 radical (unpaired) electrons. The first-order chi connectivity index (χ1) is 5.29. The van der Waals surface area contributed by atoms with E-state index < -0.39 is 5.95 Å². The normalized spacial score (nSPS) is 8.73. The van der Waals surface area contributed by atoms with Crippen molar-refractivity contribution in [1.82, 2.24) is 0 Å². The van der Waals surface area contributed by atoms with Crippen LogP contribution in [0.2, 0.25) is 0 Å². The van der Waals surface area contributed by atoms with Crippen molar-refractivity contribution in [3.8, 4) is 5.75 Å². The maximum atomic E-state index is 8.31. The number of aliphatic hydroxyl groups excluding tert-OH is 1. The van der Waals surface area contributed by atoms with Crippen LogP contribution < -0.4 is 4.74 Å². The number of rotatable bonds is 2. The van der Waals surface area contributed by atoms with Crippen molar-refractivity contribution in [2.75, 3.05) is 0 Å². The van der Waals surface area contributed by atoms with Gasteiger partial charge >= 0.3 is 5.95 Å². The highest BCUT2D eigenvalue weighted by atomic mass is 16.5. The van der Waals surface area contributed by atoms with Gasteiger partial charge in [-0.15, -0.1) is 0 Å². The Morgan fingerprint density at radius 3 is 2.36 bits per heavy atom. The van der Waals surface area contributed by atoms with Crippen molar-refractivity contribution in [3.05, 3.63) is 42.5 Å². The molecule has 2 N–H and O–H groups in total. The Bertz CT molecular complexity index is 237. The molecule has 11 heavy (non-hydrogen) atoms. The van der Waals surface area contributed by atoms with Gasteiger partial charge in [-0.2, -0.15) is 0 Å². The van der Waals surface area contributed by atoms with Crippen LogP contribution in [0.4, 0.5) is 0 Å². The third-order valence-electron chi connectivity index (χ3n) is 1.04. The summed E-state index contributed by atoms with van der Waals surface area (Å²) in [6.07, 6.45) is 0.856. The van der Waals surface area contributed by atoms with Crippen molar-refractivity contribution in [2.45, 2.75) is 0 Å². The Morgan fingerprint density at radius 1 is 1.18 bits per heavy atom. The Hall–Kier alpha value is -1.64. The Balaban J connectivity index is 2.59. The molecule has 0 aliphatic carbocycles. The molecule has 0 saturated carbocycles. The van der Waals surface area contributed by atoms with Crippen LogP contribution in [0.25, 0.3) is 0 Å². The van der Waals surface area contributed by atoms with E-state index in [1.165, 1.54) is 0 Å². The van der Waals surface area contributed by atoms with Gasteiger partial charge in [-0.05, 0) is 12.1 Å². The summed E-state index contributed by atoms with van der Waals surface area (Å²) in [5.74, 6) is -0.276. The van der Waals surface area contributed by atoms with E-state index in [0.29, 0.717) is 5.75 Å². The van der Waals surface area contributed by atoms with E-state index in [1.807, 2.05) is 6.07 Å². The van der Waals surface area contributed by atoms with Gasteiger partial charge in [-0.3, -0.25) is 0 Å². The maximum absolute atomic E-state index is 8.31. The second-order valence-electron chi connectivity index (χ2n) is 1.91. The number of hydrogen-bond acceptors (Lipinski definition) is 3. The van der Waals surface area contributed by atoms with E-state index in [4.69, 9.17) is 14.9 Å². The van der Waals surface area contributed by atoms with Crippen LogP contribution in [0, 0.1) is 0 Å². The standard InChI is InChI=1S/C8H8O3/c9-8(10)6-11-7-4-2-1-3-5-7/h1-6,9-10H. The van der Waals surface area contributed by atoms with Crippen molar-refractivity contribution < 1.29 is 14.9 Å². The van der Waals surface area contributed by atoms with Crippen molar-refractivity contribution in [2.24, 2.45) is 0 Å². The molecule has 1 aromatic rings. The fraction of sp³-hybridized carbons (Fsp3) is 0. The molecule has 0 unspecified atom stereocenters. The fourth-order valence-electron chi connectivity index (χ4n) is 0.620. The molecule has 0 spiro atoms. The first-order valence-electron chi connectivity index (χ1n) is 3.09. The van der Waals surface area contributed by atoms with E-state index in [0.717, 1.165) is 6.26 Å². The average Bonchev–Trinajstić information content (AvgIpc) is 2.03. The third kappa shape index (κ3) is 2.62. The Morgan fingerprint density at radius 2 is 1.82 bits per heavy atom. The van der Waals surface area contributed by atoms with Gasteiger partial charge in [0.25, 0.3) is 0 Å². The molecule has 0 amide bonds. The van der Waals surface area contributed by atoms with Crippen LogP contribution in [-0.4, -0.2) is 10.2 Å². The van der Waals surface area contributed by atoms with Crippen molar-refractivity contribution >= 4 is 0 Å². The lowest BCUT2D eigenvalue weighted by Gasteiger charge is -1.96. The molecule has 1 aromatic carbocycles. The van der Waals surface area contributed by atoms with E-state index in [-0.39, 0.29) is 0 Å². The zero-order chi connectivity index (χ0) is 8.10. The molecule has 0 aliphatic rings. The molecule has 58 valence electrons. The molecule has 0 heterocycles. The predicted octanol–water partition coefficient (Wildman–Crippen LogP) is 1.98. The first-order valence-corrected chi connectivity index (χ1v) is 3.09. The zero-order valence-electron chi connectivity index (χ0n) is 5.77. The van der Waals surface area contributed by atoms with Crippen LogP contribution in [0.5, 0.6) is 5.75 Å². The molecule has 1 rings (SSSR count). The van der Waals surface area contributed by atoms with Gasteiger partial charge in [0.2, 0.25) is 0 Å². The number of hydrogen-bond donors (Lipinski definition) is 2. The smallest absolute Gasteiger partial charge is 0.311 e. The van der Waals surface area contributed by atoms with Crippen LogP contribution in [0.15, 0.2) is 42.5 Å².